The molecule has 3 nitrogen and oxygen atoms in total. The van der Waals surface area contributed by atoms with Crippen molar-refractivity contribution in [2.24, 2.45) is 5.92 Å². The number of anilines is 1. The average molecular weight is 308 g/mol. The summed E-state index contributed by atoms with van der Waals surface area (Å²) < 4.78 is 6.07. The van der Waals surface area contributed by atoms with E-state index in [0.29, 0.717) is 17.7 Å². The summed E-state index contributed by atoms with van der Waals surface area (Å²) in [6.07, 6.45) is 1.67. The molecule has 0 aliphatic carbocycles. The number of rotatable bonds is 5. The van der Waals surface area contributed by atoms with E-state index in [2.05, 4.69) is 40.1 Å². The molecule has 0 aliphatic heterocycles. The molecule has 0 fully saturated rings. The van der Waals surface area contributed by atoms with Gasteiger partial charge in [0.15, 0.2) is 5.15 Å². The van der Waals surface area contributed by atoms with E-state index in [0.717, 1.165) is 10.2 Å². The first kappa shape index (κ1) is 13.7. The van der Waals surface area contributed by atoms with Crippen molar-refractivity contribution in [1.29, 1.82) is 0 Å². The van der Waals surface area contributed by atoms with Crippen LogP contribution in [0.5, 0.6) is 0 Å². The molecule has 0 saturated carbocycles. The Hall–Kier alpha value is -0.320. The Morgan fingerprint density at radius 3 is 2.81 bits per heavy atom. The quantitative estimate of drug-likeness (QED) is 0.844. The van der Waals surface area contributed by atoms with Crippen LogP contribution in [-0.4, -0.2) is 24.7 Å². The minimum Gasteiger partial charge on any atom is -0.383 e. The number of methoxy groups -OCH3 is 1. The summed E-state index contributed by atoms with van der Waals surface area (Å²) in [5.74, 6) is 0.454. The standard InChI is InChI=1S/C11H16BrClN2O/c1-7(2)10(6-16-3)15-9-4-8(12)5-14-11(9)13/h4-5,7,10,15H,6H2,1-3H3. The van der Waals surface area contributed by atoms with Crippen molar-refractivity contribution in [3.63, 3.8) is 0 Å². The van der Waals surface area contributed by atoms with E-state index in [9.17, 15) is 0 Å². The number of hydrogen-bond donors (Lipinski definition) is 1. The van der Waals surface area contributed by atoms with Gasteiger partial charge >= 0.3 is 0 Å². The molecule has 16 heavy (non-hydrogen) atoms. The lowest BCUT2D eigenvalue weighted by Crippen LogP contribution is -2.30. The summed E-state index contributed by atoms with van der Waals surface area (Å²) in [4.78, 5) is 4.07. The Morgan fingerprint density at radius 1 is 1.56 bits per heavy atom. The van der Waals surface area contributed by atoms with Gasteiger partial charge in [-0.05, 0) is 27.9 Å². The van der Waals surface area contributed by atoms with Crippen molar-refractivity contribution in [2.45, 2.75) is 19.9 Å². The molecule has 1 heterocycles. The summed E-state index contributed by atoms with van der Waals surface area (Å²) >= 11 is 9.38. The second-order valence-corrected chi connectivity index (χ2v) is 5.22. The zero-order valence-corrected chi connectivity index (χ0v) is 12.0. The SMILES string of the molecule is COCC(Nc1cc(Br)cnc1Cl)C(C)C. The molecule has 90 valence electrons. The first-order chi connectivity index (χ1) is 7.54. The van der Waals surface area contributed by atoms with Crippen LogP contribution in [0.15, 0.2) is 16.7 Å². The third-order valence-corrected chi connectivity index (χ3v) is 3.03. The molecular formula is C11H16BrClN2O. The van der Waals surface area contributed by atoms with Gasteiger partial charge in [-0.2, -0.15) is 0 Å². The highest BCUT2D eigenvalue weighted by Gasteiger charge is 2.14. The molecular weight excluding hydrogens is 291 g/mol. The zero-order chi connectivity index (χ0) is 12.1. The third kappa shape index (κ3) is 3.92. The van der Waals surface area contributed by atoms with E-state index in [1.165, 1.54) is 0 Å². The Labute approximate surface area is 110 Å². The molecule has 1 unspecified atom stereocenters. The summed E-state index contributed by atoms with van der Waals surface area (Å²) in [6, 6.07) is 2.14. The zero-order valence-electron chi connectivity index (χ0n) is 9.63. The maximum absolute atomic E-state index is 6.01. The van der Waals surface area contributed by atoms with Crippen LogP contribution in [0.1, 0.15) is 13.8 Å². The molecule has 1 aromatic heterocycles. The fraction of sp³-hybridized carbons (Fsp3) is 0.545. The highest BCUT2D eigenvalue weighted by molar-refractivity contribution is 9.10. The minimum absolute atomic E-state index is 0.221. The topological polar surface area (TPSA) is 34.1 Å². The number of pyridine rings is 1. The number of nitrogens with zero attached hydrogens (tertiary/aromatic N) is 1. The first-order valence-corrected chi connectivity index (χ1v) is 6.28. The fourth-order valence-corrected chi connectivity index (χ4v) is 1.79. The van der Waals surface area contributed by atoms with Gasteiger partial charge in [-0.1, -0.05) is 25.4 Å². The van der Waals surface area contributed by atoms with E-state index in [1.54, 1.807) is 13.3 Å². The first-order valence-electron chi connectivity index (χ1n) is 5.11. The Morgan fingerprint density at radius 2 is 2.25 bits per heavy atom. The number of ether oxygens (including phenoxy) is 1. The van der Waals surface area contributed by atoms with Crippen molar-refractivity contribution in [3.8, 4) is 0 Å². The Kier molecular flexibility index (Phi) is 5.52. The summed E-state index contributed by atoms with van der Waals surface area (Å²) in [6.45, 7) is 4.91. The molecule has 0 amide bonds. The molecule has 1 N–H and O–H groups in total. The van der Waals surface area contributed by atoms with Gasteiger partial charge in [-0.15, -0.1) is 0 Å². The van der Waals surface area contributed by atoms with Crippen LogP contribution < -0.4 is 5.32 Å². The predicted octanol–water partition coefficient (Wildman–Crippen LogP) is 3.58. The van der Waals surface area contributed by atoms with Gasteiger partial charge in [0.25, 0.3) is 0 Å². The highest BCUT2D eigenvalue weighted by atomic mass is 79.9. The summed E-state index contributed by atoms with van der Waals surface area (Å²) in [5.41, 5.74) is 0.826. The number of hydrogen-bond acceptors (Lipinski definition) is 3. The van der Waals surface area contributed by atoms with Crippen LogP contribution in [0.3, 0.4) is 0 Å². The van der Waals surface area contributed by atoms with Crippen molar-refractivity contribution in [2.75, 3.05) is 19.0 Å². The van der Waals surface area contributed by atoms with Gasteiger partial charge in [-0.25, -0.2) is 4.98 Å². The Balaban J connectivity index is 2.80. The lowest BCUT2D eigenvalue weighted by atomic mass is 10.1. The van der Waals surface area contributed by atoms with Crippen molar-refractivity contribution in [3.05, 3.63) is 21.9 Å². The largest absolute Gasteiger partial charge is 0.383 e. The summed E-state index contributed by atoms with van der Waals surface area (Å²) in [7, 11) is 1.69. The molecule has 0 bridgehead atoms. The lowest BCUT2D eigenvalue weighted by molar-refractivity contribution is 0.171. The minimum atomic E-state index is 0.221. The van der Waals surface area contributed by atoms with Gasteiger partial charge in [-0.3, -0.25) is 0 Å². The van der Waals surface area contributed by atoms with Crippen LogP contribution >= 0.6 is 27.5 Å². The second kappa shape index (κ2) is 6.42. The van der Waals surface area contributed by atoms with Crippen molar-refractivity contribution in [1.82, 2.24) is 4.98 Å². The monoisotopic (exact) mass is 306 g/mol. The van der Waals surface area contributed by atoms with E-state index in [4.69, 9.17) is 16.3 Å². The van der Waals surface area contributed by atoms with Crippen molar-refractivity contribution < 1.29 is 4.74 Å². The Bertz CT molecular complexity index is 347. The number of nitrogens with one attached hydrogen (secondary N) is 1. The fourth-order valence-electron chi connectivity index (χ4n) is 1.30. The second-order valence-electron chi connectivity index (χ2n) is 3.94. The molecule has 0 radical (unpaired) electrons. The molecule has 5 heteroatoms. The van der Waals surface area contributed by atoms with Gasteiger partial charge in [0, 0.05) is 17.8 Å². The van der Waals surface area contributed by atoms with E-state index < -0.39 is 0 Å². The summed E-state index contributed by atoms with van der Waals surface area (Å²) in [5, 5.41) is 3.82. The highest BCUT2D eigenvalue weighted by Crippen LogP contribution is 2.24. The van der Waals surface area contributed by atoms with Crippen LogP contribution in [-0.2, 0) is 4.74 Å². The molecule has 1 atom stereocenters. The van der Waals surface area contributed by atoms with Crippen LogP contribution in [0, 0.1) is 5.92 Å². The molecule has 1 rings (SSSR count). The molecule has 1 aromatic rings. The maximum Gasteiger partial charge on any atom is 0.152 e. The number of halogens is 2. The molecule has 0 saturated heterocycles. The smallest absolute Gasteiger partial charge is 0.152 e. The van der Waals surface area contributed by atoms with Gasteiger partial charge in [0.05, 0.1) is 18.3 Å². The van der Waals surface area contributed by atoms with E-state index in [1.807, 2.05) is 6.07 Å². The van der Waals surface area contributed by atoms with Gasteiger partial charge in [0.1, 0.15) is 0 Å². The van der Waals surface area contributed by atoms with Gasteiger partial charge < -0.3 is 10.1 Å². The van der Waals surface area contributed by atoms with E-state index >= 15 is 0 Å². The maximum atomic E-state index is 6.01. The molecule has 0 aliphatic rings. The van der Waals surface area contributed by atoms with Crippen LogP contribution in [0.25, 0.3) is 0 Å². The van der Waals surface area contributed by atoms with Crippen LogP contribution in [0.4, 0.5) is 5.69 Å². The lowest BCUT2D eigenvalue weighted by Gasteiger charge is -2.23. The van der Waals surface area contributed by atoms with Crippen molar-refractivity contribution >= 4 is 33.2 Å². The third-order valence-electron chi connectivity index (χ3n) is 2.30. The normalized spacial score (nSPS) is 12.9. The van der Waals surface area contributed by atoms with E-state index in [-0.39, 0.29) is 6.04 Å². The van der Waals surface area contributed by atoms with Crippen LogP contribution in [0.2, 0.25) is 5.15 Å². The molecule has 0 spiro atoms. The number of aromatic nitrogens is 1. The predicted molar refractivity (Wildman–Crippen MR) is 71.1 cm³/mol. The molecule has 0 aromatic carbocycles. The average Bonchev–Trinajstić information content (AvgIpc) is 2.22. The van der Waals surface area contributed by atoms with Gasteiger partial charge in [0.2, 0.25) is 0 Å².